The molecular weight excluding hydrogens is 180 g/mol. The first-order valence-electron chi connectivity index (χ1n) is 4.68. The fraction of sp³-hybridized carbons (Fsp3) is 0.364. The van der Waals surface area contributed by atoms with E-state index in [1.54, 1.807) is 12.1 Å². The summed E-state index contributed by atoms with van der Waals surface area (Å²) in [4.78, 5) is 10.4. The zero-order valence-electron chi connectivity index (χ0n) is 7.81. The summed E-state index contributed by atoms with van der Waals surface area (Å²) in [5.74, 6) is 0.797. The van der Waals surface area contributed by atoms with Crippen molar-refractivity contribution in [2.75, 3.05) is 13.2 Å². The van der Waals surface area contributed by atoms with Crippen LogP contribution >= 0.6 is 0 Å². The van der Waals surface area contributed by atoms with Crippen molar-refractivity contribution in [2.24, 2.45) is 0 Å². The van der Waals surface area contributed by atoms with E-state index in [4.69, 9.17) is 9.47 Å². The van der Waals surface area contributed by atoms with Crippen LogP contribution in [-0.4, -0.2) is 25.6 Å². The van der Waals surface area contributed by atoms with Gasteiger partial charge in [0.2, 0.25) is 0 Å². The minimum Gasteiger partial charge on any atom is -0.488 e. The average Bonchev–Trinajstić information content (AvgIpc) is 2.72. The highest BCUT2D eigenvalue weighted by molar-refractivity contribution is 5.74. The number of carbonyl (C=O) groups is 1. The summed E-state index contributed by atoms with van der Waals surface area (Å²) in [6, 6.07) is 7.11. The molecule has 74 valence electrons. The molecule has 1 aromatic rings. The molecule has 1 saturated heterocycles. The fourth-order valence-corrected chi connectivity index (χ4v) is 1.42. The van der Waals surface area contributed by atoms with E-state index in [-0.39, 0.29) is 6.10 Å². The Labute approximate surface area is 82.6 Å². The molecule has 2 rings (SSSR count). The topological polar surface area (TPSA) is 35.5 Å². The Morgan fingerprint density at radius 2 is 2.14 bits per heavy atom. The van der Waals surface area contributed by atoms with Crippen molar-refractivity contribution >= 4 is 6.29 Å². The quantitative estimate of drug-likeness (QED) is 0.683. The van der Waals surface area contributed by atoms with Crippen LogP contribution in [0.15, 0.2) is 24.3 Å². The Bertz CT molecular complexity index is 299. The van der Waals surface area contributed by atoms with Gasteiger partial charge in [-0.25, -0.2) is 0 Å². The summed E-state index contributed by atoms with van der Waals surface area (Å²) < 4.78 is 10.8. The van der Waals surface area contributed by atoms with Gasteiger partial charge in [-0.15, -0.1) is 0 Å². The second-order valence-electron chi connectivity index (χ2n) is 3.29. The van der Waals surface area contributed by atoms with E-state index >= 15 is 0 Å². The molecule has 3 heteroatoms. The Morgan fingerprint density at radius 3 is 2.71 bits per heavy atom. The van der Waals surface area contributed by atoms with Crippen molar-refractivity contribution < 1.29 is 14.3 Å². The summed E-state index contributed by atoms with van der Waals surface area (Å²) in [7, 11) is 0. The molecule has 3 nitrogen and oxygen atoms in total. The van der Waals surface area contributed by atoms with Gasteiger partial charge in [-0.3, -0.25) is 4.79 Å². The molecule has 0 N–H and O–H groups in total. The van der Waals surface area contributed by atoms with Crippen LogP contribution in [0.2, 0.25) is 0 Å². The lowest BCUT2D eigenvalue weighted by molar-refractivity contribution is 0.112. The normalized spacial score (nSPS) is 20.7. The van der Waals surface area contributed by atoms with Gasteiger partial charge < -0.3 is 9.47 Å². The van der Waals surface area contributed by atoms with Crippen molar-refractivity contribution in [1.29, 1.82) is 0 Å². The molecule has 0 saturated carbocycles. The molecule has 1 heterocycles. The lowest BCUT2D eigenvalue weighted by Gasteiger charge is -2.11. The molecule has 0 spiro atoms. The van der Waals surface area contributed by atoms with Crippen molar-refractivity contribution in [1.82, 2.24) is 0 Å². The van der Waals surface area contributed by atoms with E-state index in [9.17, 15) is 4.79 Å². The van der Waals surface area contributed by atoms with Crippen molar-refractivity contribution in [3.63, 3.8) is 0 Å². The third kappa shape index (κ3) is 2.12. The Hall–Kier alpha value is -1.35. The number of hydrogen-bond acceptors (Lipinski definition) is 3. The lowest BCUT2D eigenvalue weighted by Crippen LogP contribution is -2.15. The molecule has 1 fully saturated rings. The van der Waals surface area contributed by atoms with Crippen LogP contribution in [0.25, 0.3) is 0 Å². The van der Waals surface area contributed by atoms with Crippen LogP contribution in [-0.2, 0) is 4.74 Å². The van der Waals surface area contributed by atoms with Gasteiger partial charge in [0.1, 0.15) is 18.1 Å². The molecule has 1 unspecified atom stereocenters. The van der Waals surface area contributed by atoms with E-state index in [1.807, 2.05) is 12.1 Å². The minimum atomic E-state index is 0.164. The molecule has 14 heavy (non-hydrogen) atoms. The van der Waals surface area contributed by atoms with E-state index in [0.29, 0.717) is 12.2 Å². The minimum absolute atomic E-state index is 0.164. The second-order valence-corrected chi connectivity index (χ2v) is 3.29. The maximum Gasteiger partial charge on any atom is 0.150 e. The number of hydrogen-bond donors (Lipinski definition) is 0. The summed E-state index contributed by atoms with van der Waals surface area (Å²) in [5, 5.41) is 0. The predicted molar refractivity (Wildman–Crippen MR) is 51.7 cm³/mol. The highest BCUT2D eigenvalue weighted by Gasteiger charge is 2.16. The Morgan fingerprint density at radius 1 is 1.36 bits per heavy atom. The molecule has 1 aromatic carbocycles. The van der Waals surface area contributed by atoms with E-state index in [2.05, 4.69) is 0 Å². The van der Waals surface area contributed by atoms with Crippen LogP contribution in [0.4, 0.5) is 0 Å². The van der Waals surface area contributed by atoms with Crippen molar-refractivity contribution in [2.45, 2.75) is 12.5 Å². The first kappa shape index (κ1) is 9.21. The van der Waals surface area contributed by atoms with Gasteiger partial charge in [-0.1, -0.05) is 0 Å². The highest BCUT2D eigenvalue weighted by Crippen LogP contribution is 2.16. The summed E-state index contributed by atoms with van der Waals surface area (Å²) in [6.07, 6.45) is 1.93. The number of ether oxygens (including phenoxy) is 2. The zero-order chi connectivity index (χ0) is 9.80. The number of rotatable bonds is 3. The molecule has 0 bridgehead atoms. The van der Waals surface area contributed by atoms with Gasteiger partial charge in [0, 0.05) is 12.0 Å². The molecule has 1 aliphatic rings. The van der Waals surface area contributed by atoms with E-state index in [1.165, 1.54) is 0 Å². The third-order valence-electron chi connectivity index (χ3n) is 2.21. The first-order chi connectivity index (χ1) is 6.88. The molecular formula is C11H12O3. The molecule has 0 aromatic heterocycles. The van der Waals surface area contributed by atoms with Gasteiger partial charge in [-0.2, -0.15) is 0 Å². The number of carbonyl (C=O) groups excluding carboxylic acids is 1. The summed E-state index contributed by atoms with van der Waals surface area (Å²) in [6.45, 7) is 1.44. The third-order valence-corrected chi connectivity index (χ3v) is 2.21. The van der Waals surface area contributed by atoms with Crippen LogP contribution in [0.5, 0.6) is 5.75 Å². The average molecular weight is 192 g/mol. The van der Waals surface area contributed by atoms with Gasteiger partial charge in [0.05, 0.1) is 13.2 Å². The van der Waals surface area contributed by atoms with Gasteiger partial charge in [-0.05, 0) is 24.3 Å². The van der Waals surface area contributed by atoms with E-state index < -0.39 is 0 Å². The van der Waals surface area contributed by atoms with Gasteiger partial charge in [0.25, 0.3) is 0 Å². The first-order valence-corrected chi connectivity index (χ1v) is 4.68. The molecule has 1 atom stereocenters. The zero-order valence-corrected chi connectivity index (χ0v) is 7.81. The highest BCUT2D eigenvalue weighted by atomic mass is 16.5. The standard InChI is InChI=1S/C11H12O3/c12-7-9-1-3-10(4-2-9)14-11-5-6-13-8-11/h1-4,7,11H,5-6,8H2. The molecule has 0 radical (unpaired) electrons. The van der Waals surface area contributed by atoms with Crippen LogP contribution in [0, 0.1) is 0 Å². The van der Waals surface area contributed by atoms with Crippen molar-refractivity contribution in [3.8, 4) is 5.75 Å². The van der Waals surface area contributed by atoms with Crippen LogP contribution in [0.1, 0.15) is 16.8 Å². The van der Waals surface area contributed by atoms with Crippen molar-refractivity contribution in [3.05, 3.63) is 29.8 Å². The SMILES string of the molecule is O=Cc1ccc(OC2CCOC2)cc1. The molecule has 0 amide bonds. The molecule has 1 aliphatic heterocycles. The maximum atomic E-state index is 10.4. The maximum absolute atomic E-state index is 10.4. The number of aldehydes is 1. The lowest BCUT2D eigenvalue weighted by atomic mass is 10.2. The monoisotopic (exact) mass is 192 g/mol. The fourth-order valence-electron chi connectivity index (χ4n) is 1.42. The summed E-state index contributed by atoms with van der Waals surface area (Å²) >= 11 is 0. The molecule has 0 aliphatic carbocycles. The second kappa shape index (κ2) is 4.24. The Balaban J connectivity index is 1.98. The van der Waals surface area contributed by atoms with Crippen LogP contribution in [0.3, 0.4) is 0 Å². The Kier molecular flexibility index (Phi) is 2.79. The smallest absolute Gasteiger partial charge is 0.150 e. The largest absolute Gasteiger partial charge is 0.488 e. The van der Waals surface area contributed by atoms with E-state index in [0.717, 1.165) is 25.1 Å². The number of benzene rings is 1. The predicted octanol–water partition coefficient (Wildman–Crippen LogP) is 1.67. The van der Waals surface area contributed by atoms with Gasteiger partial charge >= 0.3 is 0 Å². The summed E-state index contributed by atoms with van der Waals surface area (Å²) in [5.41, 5.74) is 0.667. The van der Waals surface area contributed by atoms with Gasteiger partial charge in [0.15, 0.2) is 0 Å². The van der Waals surface area contributed by atoms with Crippen LogP contribution < -0.4 is 4.74 Å².